The number of rotatable bonds is 5. The Morgan fingerprint density at radius 2 is 1.86 bits per heavy atom. The number of primary amides is 1. The van der Waals surface area contributed by atoms with Gasteiger partial charge < -0.3 is 26.0 Å². The van der Waals surface area contributed by atoms with Crippen LogP contribution in [0.15, 0.2) is 53.5 Å². The normalized spacial score (nSPS) is 14.3. The van der Waals surface area contributed by atoms with Gasteiger partial charge in [0.1, 0.15) is 5.75 Å². The molecule has 3 rings (SSSR count). The molecule has 0 spiro atoms. The van der Waals surface area contributed by atoms with E-state index < -0.39 is 5.91 Å². The van der Waals surface area contributed by atoms with Crippen LogP contribution in [-0.2, 0) is 6.54 Å². The Kier molecular flexibility index (Phi) is 8.56. The first-order valence-electron chi connectivity index (χ1n) is 9.53. The van der Waals surface area contributed by atoms with Crippen LogP contribution in [0, 0.1) is 0 Å². The molecule has 0 saturated carbocycles. The smallest absolute Gasteiger partial charge is 0.248 e. The van der Waals surface area contributed by atoms with Gasteiger partial charge in [0, 0.05) is 38.3 Å². The molecule has 7 nitrogen and oxygen atoms in total. The Bertz CT molecular complexity index is 850. The highest BCUT2D eigenvalue weighted by Crippen LogP contribution is 2.27. The van der Waals surface area contributed by atoms with Gasteiger partial charge in [0.25, 0.3) is 0 Å². The molecule has 156 valence electrons. The summed E-state index contributed by atoms with van der Waals surface area (Å²) in [5, 5.41) is 13.4. The van der Waals surface area contributed by atoms with Crippen LogP contribution in [0.4, 0.5) is 5.69 Å². The molecule has 1 fully saturated rings. The van der Waals surface area contributed by atoms with Crippen molar-refractivity contribution >= 4 is 41.5 Å². The van der Waals surface area contributed by atoms with Gasteiger partial charge >= 0.3 is 0 Å². The van der Waals surface area contributed by atoms with E-state index in [-0.39, 0.29) is 24.0 Å². The molecule has 4 N–H and O–H groups in total. The van der Waals surface area contributed by atoms with E-state index in [4.69, 9.17) is 10.7 Å². The minimum atomic E-state index is -0.432. The van der Waals surface area contributed by atoms with E-state index in [0.29, 0.717) is 17.9 Å². The number of carbonyl (C=O) groups is 1. The third-order valence-corrected chi connectivity index (χ3v) is 4.76. The van der Waals surface area contributed by atoms with Gasteiger partial charge in [-0.15, -0.1) is 24.0 Å². The Hall–Kier alpha value is -2.49. The molecule has 1 aliphatic rings. The molecule has 1 amide bonds. The van der Waals surface area contributed by atoms with Crippen LogP contribution in [0.1, 0.15) is 22.8 Å². The number of para-hydroxylation sites is 2. The van der Waals surface area contributed by atoms with Gasteiger partial charge in [0.2, 0.25) is 5.91 Å². The van der Waals surface area contributed by atoms with Gasteiger partial charge in [-0.3, -0.25) is 4.79 Å². The fraction of sp³-hybridized carbons (Fsp3) is 0.333. The van der Waals surface area contributed by atoms with E-state index >= 15 is 0 Å². The zero-order valence-corrected chi connectivity index (χ0v) is 18.9. The number of piperazine rings is 1. The molecule has 0 aromatic heterocycles. The number of aliphatic imine (C=N–C) groups is 1. The predicted octanol–water partition coefficient (Wildman–Crippen LogP) is 2.40. The lowest BCUT2D eigenvalue weighted by Gasteiger charge is -2.37. The topological polar surface area (TPSA) is 94.2 Å². The molecule has 2 aromatic carbocycles. The summed E-state index contributed by atoms with van der Waals surface area (Å²) in [5.41, 5.74) is 7.66. The van der Waals surface area contributed by atoms with E-state index in [1.165, 1.54) is 0 Å². The lowest BCUT2D eigenvalue weighted by Crippen LogP contribution is -2.52. The second kappa shape index (κ2) is 10.9. The first-order valence-corrected chi connectivity index (χ1v) is 9.53. The van der Waals surface area contributed by atoms with Crippen molar-refractivity contribution in [2.75, 3.05) is 37.6 Å². The number of halogens is 1. The number of benzene rings is 2. The summed E-state index contributed by atoms with van der Waals surface area (Å²) in [4.78, 5) is 20.5. The average Bonchev–Trinajstić information content (AvgIpc) is 2.72. The molecule has 1 heterocycles. The van der Waals surface area contributed by atoms with Gasteiger partial charge in [0.15, 0.2) is 5.96 Å². The van der Waals surface area contributed by atoms with Crippen molar-refractivity contribution in [1.82, 2.24) is 10.2 Å². The molecule has 0 aliphatic carbocycles. The number of carbonyl (C=O) groups excluding carboxylic acids is 1. The minimum absolute atomic E-state index is 0. The van der Waals surface area contributed by atoms with E-state index in [2.05, 4.69) is 15.1 Å². The molecular weight excluding hydrogens is 481 g/mol. The van der Waals surface area contributed by atoms with Crippen LogP contribution in [0.3, 0.4) is 0 Å². The second-order valence-corrected chi connectivity index (χ2v) is 6.70. The van der Waals surface area contributed by atoms with Gasteiger partial charge in [0.05, 0.1) is 12.2 Å². The zero-order valence-electron chi connectivity index (χ0n) is 16.5. The van der Waals surface area contributed by atoms with Crippen molar-refractivity contribution < 1.29 is 9.90 Å². The third-order valence-electron chi connectivity index (χ3n) is 4.76. The molecule has 0 bridgehead atoms. The van der Waals surface area contributed by atoms with Crippen LogP contribution in [0.25, 0.3) is 0 Å². The lowest BCUT2D eigenvalue weighted by atomic mass is 10.1. The summed E-state index contributed by atoms with van der Waals surface area (Å²) in [5.74, 6) is 0.729. The zero-order chi connectivity index (χ0) is 19.9. The molecule has 29 heavy (non-hydrogen) atoms. The van der Waals surface area contributed by atoms with Crippen molar-refractivity contribution in [3.05, 3.63) is 59.7 Å². The monoisotopic (exact) mass is 509 g/mol. The fourth-order valence-corrected chi connectivity index (χ4v) is 3.31. The summed E-state index contributed by atoms with van der Waals surface area (Å²) in [6.45, 7) is 6.52. The third kappa shape index (κ3) is 5.99. The summed E-state index contributed by atoms with van der Waals surface area (Å²) >= 11 is 0. The molecule has 1 saturated heterocycles. The highest BCUT2D eigenvalue weighted by atomic mass is 127. The number of hydrogen-bond donors (Lipinski definition) is 3. The number of aromatic hydroxyl groups is 1. The summed E-state index contributed by atoms with van der Waals surface area (Å²) < 4.78 is 0. The van der Waals surface area contributed by atoms with Crippen LogP contribution >= 0.6 is 24.0 Å². The van der Waals surface area contributed by atoms with Crippen molar-refractivity contribution in [1.29, 1.82) is 0 Å². The summed E-state index contributed by atoms with van der Waals surface area (Å²) in [6, 6.07) is 14.7. The van der Waals surface area contributed by atoms with Crippen LogP contribution < -0.4 is 16.0 Å². The van der Waals surface area contributed by atoms with E-state index in [9.17, 15) is 9.90 Å². The SMILES string of the molecule is CCNC(=NCc1cccc(C(N)=O)c1)N1CCN(c2ccccc2O)CC1.I. The minimum Gasteiger partial charge on any atom is -0.506 e. The van der Waals surface area contributed by atoms with Gasteiger partial charge in [-0.05, 0) is 36.8 Å². The number of hydrogen-bond acceptors (Lipinski definition) is 4. The van der Waals surface area contributed by atoms with Crippen LogP contribution in [0.5, 0.6) is 5.75 Å². The average molecular weight is 509 g/mol. The number of phenolic OH excluding ortho intramolecular Hbond substituents is 1. The fourth-order valence-electron chi connectivity index (χ4n) is 3.31. The number of nitrogens with one attached hydrogen (secondary N) is 1. The molecule has 2 aromatic rings. The second-order valence-electron chi connectivity index (χ2n) is 6.70. The molecular formula is C21H28IN5O2. The quantitative estimate of drug-likeness (QED) is 0.327. The van der Waals surface area contributed by atoms with Gasteiger partial charge in [-0.1, -0.05) is 24.3 Å². The van der Waals surface area contributed by atoms with Crippen molar-refractivity contribution in [3.8, 4) is 5.75 Å². The molecule has 0 atom stereocenters. The number of guanidine groups is 1. The lowest BCUT2D eigenvalue weighted by molar-refractivity contribution is 0.1000. The molecule has 1 aliphatic heterocycles. The first-order chi connectivity index (χ1) is 13.6. The Morgan fingerprint density at radius 3 is 2.52 bits per heavy atom. The van der Waals surface area contributed by atoms with E-state index in [1.54, 1.807) is 18.2 Å². The van der Waals surface area contributed by atoms with Crippen molar-refractivity contribution in [2.45, 2.75) is 13.5 Å². The maximum atomic E-state index is 11.4. The predicted molar refractivity (Wildman–Crippen MR) is 127 cm³/mol. The molecule has 0 unspecified atom stereocenters. The van der Waals surface area contributed by atoms with E-state index in [0.717, 1.165) is 49.9 Å². The molecule has 8 heteroatoms. The Balaban J connectivity index is 0.00000300. The van der Waals surface area contributed by atoms with E-state index in [1.807, 2.05) is 37.3 Å². The maximum absolute atomic E-state index is 11.4. The van der Waals surface area contributed by atoms with Crippen LogP contribution in [0.2, 0.25) is 0 Å². The number of nitrogens with two attached hydrogens (primary N) is 1. The number of amides is 1. The number of anilines is 1. The maximum Gasteiger partial charge on any atom is 0.248 e. The van der Waals surface area contributed by atoms with Gasteiger partial charge in [-0.25, -0.2) is 4.99 Å². The highest BCUT2D eigenvalue weighted by molar-refractivity contribution is 14.0. The largest absolute Gasteiger partial charge is 0.506 e. The molecule has 0 radical (unpaired) electrons. The Morgan fingerprint density at radius 1 is 1.14 bits per heavy atom. The van der Waals surface area contributed by atoms with Crippen molar-refractivity contribution in [3.63, 3.8) is 0 Å². The first kappa shape index (κ1) is 22.8. The standard InChI is InChI=1S/C21H27N5O2.HI/c1-2-23-21(24-15-16-6-5-7-17(14-16)20(22)28)26-12-10-25(11-13-26)18-8-3-4-9-19(18)27;/h3-9,14,27H,2,10-13,15H2,1H3,(H2,22,28)(H,23,24);1H. The van der Waals surface area contributed by atoms with Crippen LogP contribution in [-0.4, -0.2) is 54.6 Å². The number of nitrogens with zero attached hydrogens (tertiary/aromatic N) is 3. The highest BCUT2D eigenvalue weighted by Gasteiger charge is 2.21. The Labute approximate surface area is 188 Å². The summed E-state index contributed by atoms with van der Waals surface area (Å²) in [6.07, 6.45) is 0. The van der Waals surface area contributed by atoms with Gasteiger partial charge in [-0.2, -0.15) is 0 Å². The number of phenols is 1. The summed E-state index contributed by atoms with van der Waals surface area (Å²) in [7, 11) is 0. The van der Waals surface area contributed by atoms with Crippen molar-refractivity contribution in [2.24, 2.45) is 10.7 Å².